The van der Waals surface area contributed by atoms with Gasteiger partial charge in [-0.1, -0.05) is 36.3 Å². The zero-order valence-corrected chi connectivity index (χ0v) is 16.2. The Kier molecular flexibility index (Phi) is 8.74. The van der Waals surface area contributed by atoms with Crippen LogP contribution in [0.1, 0.15) is 60.3 Å². The van der Waals surface area contributed by atoms with Crippen LogP contribution in [0.2, 0.25) is 0 Å². The molecular weight excluding hydrogens is 312 g/mol. The van der Waals surface area contributed by atoms with Crippen molar-refractivity contribution >= 4 is 18.4 Å². The van der Waals surface area contributed by atoms with E-state index in [2.05, 4.69) is 32.9 Å². The fourth-order valence-electron chi connectivity index (χ4n) is 3.86. The van der Waals surface area contributed by atoms with Crippen molar-refractivity contribution in [3.05, 3.63) is 34.9 Å². The van der Waals surface area contributed by atoms with Crippen LogP contribution in [-0.4, -0.2) is 18.4 Å². The van der Waals surface area contributed by atoms with Crippen molar-refractivity contribution < 1.29 is 14.4 Å². The van der Waals surface area contributed by atoms with Gasteiger partial charge in [0.25, 0.3) is 0 Å². The van der Waals surface area contributed by atoms with E-state index >= 15 is 0 Å². The number of allylic oxidation sites excluding steroid dienone is 6. The van der Waals surface area contributed by atoms with E-state index in [9.17, 15) is 14.4 Å². The minimum absolute atomic E-state index is 0.103. The summed E-state index contributed by atoms with van der Waals surface area (Å²) in [4.78, 5) is 35.9. The number of rotatable bonds is 7. The Morgan fingerprint density at radius 1 is 1.24 bits per heavy atom. The maximum absolute atomic E-state index is 12.4. The molecule has 1 rings (SSSR count). The van der Waals surface area contributed by atoms with Gasteiger partial charge < -0.3 is 4.79 Å². The highest BCUT2D eigenvalue weighted by Gasteiger charge is 2.38. The van der Waals surface area contributed by atoms with Crippen LogP contribution in [0, 0.1) is 23.7 Å². The van der Waals surface area contributed by atoms with Crippen LogP contribution >= 0.6 is 0 Å². The van der Waals surface area contributed by atoms with E-state index in [1.807, 2.05) is 13.0 Å². The number of carbonyl (C=O) groups is 3. The summed E-state index contributed by atoms with van der Waals surface area (Å²) < 4.78 is 0. The molecule has 0 unspecified atom stereocenters. The first-order valence-electron chi connectivity index (χ1n) is 9.21. The van der Waals surface area contributed by atoms with Gasteiger partial charge >= 0.3 is 0 Å². The quantitative estimate of drug-likeness (QED) is 0.489. The fourth-order valence-corrected chi connectivity index (χ4v) is 3.86. The van der Waals surface area contributed by atoms with E-state index in [-0.39, 0.29) is 23.5 Å². The first kappa shape index (κ1) is 21.3. The highest BCUT2D eigenvalue weighted by Crippen LogP contribution is 2.39. The van der Waals surface area contributed by atoms with E-state index in [0.717, 1.165) is 31.0 Å². The minimum Gasteiger partial charge on any atom is -0.303 e. The lowest BCUT2D eigenvalue weighted by Gasteiger charge is -2.34. The second-order valence-corrected chi connectivity index (χ2v) is 7.60. The standard InChI is InChI=1S/C22H32O3/c1-15(2)8-6-10-17(4)22-20(18(5)25)12-16(3)9-7-11-19(13-23)21(22)14-24/h8-9,11,13-14,17,20-22H,6-7,10,12H2,1-5H3/b16-9-,19-11-/t17-,20-,21-,22-/m0/s1. The molecule has 0 bridgehead atoms. The molecule has 0 radical (unpaired) electrons. The Hall–Kier alpha value is -1.77. The third-order valence-electron chi connectivity index (χ3n) is 5.26. The molecule has 25 heavy (non-hydrogen) atoms. The Morgan fingerprint density at radius 2 is 1.92 bits per heavy atom. The predicted molar refractivity (Wildman–Crippen MR) is 102 cm³/mol. The predicted octanol–water partition coefficient (Wildman–Crippen LogP) is 4.87. The van der Waals surface area contributed by atoms with E-state index in [0.29, 0.717) is 18.4 Å². The Bertz CT molecular complexity index is 576. The number of ketones is 1. The van der Waals surface area contributed by atoms with E-state index in [4.69, 9.17) is 0 Å². The van der Waals surface area contributed by atoms with E-state index < -0.39 is 5.92 Å². The van der Waals surface area contributed by atoms with Crippen LogP contribution in [0.4, 0.5) is 0 Å². The molecule has 4 atom stereocenters. The molecule has 3 heteroatoms. The van der Waals surface area contributed by atoms with E-state index in [1.54, 1.807) is 6.92 Å². The van der Waals surface area contributed by atoms with Crippen LogP contribution in [0.3, 0.4) is 0 Å². The second-order valence-electron chi connectivity index (χ2n) is 7.60. The van der Waals surface area contributed by atoms with Gasteiger partial charge in [0, 0.05) is 11.8 Å². The van der Waals surface area contributed by atoms with Gasteiger partial charge in [0.15, 0.2) is 0 Å². The third-order valence-corrected chi connectivity index (χ3v) is 5.26. The van der Waals surface area contributed by atoms with Crippen molar-refractivity contribution in [2.75, 3.05) is 0 Å². The number of hydrogen-bond donors (Lipinski definition) is 0. The van der Waals surface area contributed by atoms with Crippen molar-refractivity contribution in [3.8, 4) is 0 Å². The van der Waals surface area contributed by atoms with Crippen molar-refractivity contribution in [1.82, 2.24) is 0 Å². The Morgan fingerprint density at radius 3 is 2.44 bits per heavy atom. The maximum atomic E-state index is 12.4. The molecule has 0 aromatic carbocycles. The van der Waals surface area contributed by atoms with E-state index in [1.165, 1.54) is 5.57 Å². The lowest BCUT2D eigenvalue weighted by Crippen LogP contribution is -2.35. The zero-order valence-electron chi connectivity index (χ0n) is 16.2. The van der Waals surface area contributed by atoms with Crippen molar-refractivity contribution in [2.45, 2.75) is 60.3 Å². The first-order valence-corrected chi connectivity index (χ1v) is 9.21. The number of Topliss-reactive ketones (excluding diaryl/α,β-unsaturated/α-hetero) is 1. The monoisotopic (exact) mass is 344 g/mol. The third kappa shape index (κ3) is 6.22. The Labute approximate surface area is 152 Å². The maximum Gasteiger partial charge on any atom is 0.146 e. The van der Waals surface area contributed by atoms with Crippen molar-refractivity contribution in [1.29, 1.82) is 0 Å². The summed E-state index contributed by atoms with van der Waals surface area (Å²) in [5.41, 5.74) is 2.94. The first-order chi connectivity index (χ1) is 11.8. The molecule has 1 aliphatic rings. The average Bonchev–Trinajstić information content (AvgIpc) is 2.61. The largest absolute Gasteiger partial charge is 0.303 e. The summed E-state index contributed by atoms with van der Waals surface area (Å²) in [6, 6.07) is 0. The normalized spacial score (nSPS) is 29.6. The summed E-state index contributed by atoms with van der Waals surface area (Å²) in [6.07, 6.45) is 10.9. The van der Waals surface area contributed by atoms with Crippen LogP contribution in [0.25, 0.3) is 0 Å². The van der Waals surface area contributed by atoms with Gasteiger partial charge in [-0.25, -0.2) is 0 Å². The molecule has 138 valence electrons. The molecule has 0 saturated carbocycles. The summed E-state index contributed by atoms with van der Waals surface area (Å²) in [5, 5.41) is 0. The molecule has 0 aromatic rings. The zero-order chi connectivity index (χ0) is 19.0. The molecule has 0 amide bonds. The molecule has 3 nitrogen and oxygen atoms in total. The summed E-state index contributed by atoms with van der Waals surface area (Å²) in [6.45, 7) is 9.88. The van der Waals surface area contributed by atoms with Crippen LogP contribution in [0.5, 0.6) is 0 Å². The number of aldehydes is 2. The molecule has 0 spiro atoms. The van der Waals surface area contributed by atoms with Crippen molar-refractivity contribution in [2.24, 2.45) is 23.7 Å². The highest BCUT2D eigenvalue weighted by atomic mass is 16.1. The van der Waals surface area contributed by atoms with Gasteiger partial charge in [-0.05, 0) is 70.8 Å². The van der Waals surface area contributed by atoms with Gasteiger partial charge in [0.2, 0.25) is 0 Å². The summed E-state index contributed by atoms with van der Waals surface area (Å²) >= 11 is 0. The molecule has 0 aromatic heterocycles. The molecule has 0 fully saturated rings. The molecular formula is C22H32O3. The molecule has 0 heterocycles. The fraction of sp³-hybridized carbons (Fsp3) is 0.591. The summed E-state index contributed by atoms with van der Waals surface area (Å²) in [7, 11) is 0. The molecule has 0 aliphatic heterocycles. The molecule has 0 N–H and O–H groups in total. The van der Waals surface area contributed by atoms with Crippen LogP contribution < -0.4 is 0 Å². The second kappa shape index (κ2) is 10.3. The smallest absolute Gasteiger partial charge is 0.146 e. The number of carbonyl (C=O) groups excluding carboxylic acids is 3. The SMILES string of the molecule is CC(=O)[C@@H]1C/C(C)=C\C/C=C(/C=O)[C@H](C=O)[C@H]1[C@@H](C)CCC=C(C)C. The highest BCUT2D eigenvalue weighted by molar-refractivity contribution is 5.84. The van der Waals surface area contributed by atoms with Crippen molar-refractivity contribution in [3.63, 3.8) is 0 Å². The lowest BCUT2D eigenvalue weighted by molar-refractivity contribution is -0.125. The van der Waals surface area contributed by atoms with Gasteiger partial charge in [-0.2, -0.15) is 0 Å². The minimum atomic E-state index is -0.507. The van der Waals surface area contributed by atoms with Crippen LogP contribution in [0.15, 0.2) is 34.9 Å². The Balaban J connectivity index is 3.28. The van der Waals surface area contributed by atoms with Gasteiger partial charge in [-0.3, -0.25) is 9.59 Å². The van der Waals surface area contributed by atoms with Crippen LogP contribution in [-0.2, 0) is 14.4 Å². The number of hydrogen-bond acceptors (Lipinski definition) is 3. The average molecular weight is 344 g/mol. The topological polar surface area (TPSA) is 51.2 Å². The molecule has 0 saturated heterocycles. The van der Waals surface area contributed by atoms with Gasteiger partial charge in [-0.15, -0.1) is 0 Å². The van der Waals surface area contributed by atoms with Gasteiger partial charge in [0.1, 0.15) is 18.4 Å². The lowest BCUT2D eigenvalue weighted by atomic mass is 9.68. The summed E-state index contributed by atoms with van der Waals surface area (Å²) in [5.74, 6) is -0.597. The molecule has 1 aliphatic carbocycles. The van der Waals surface area contributed by atoms with Gasteiger partial charge in [0.05, 0.1) is 0 Å².